The molecule has 0 aromatic carbocycles. The Morgan fingerprint density at radius 2 is 2.35 bits per heavy atom. The summed E-state index contributed by atoms with van der Waals surface area (Å²) >= 11 is 1.58. The van der Waals surface area contributed by atoms with Crippen LogP contribution in [0.25, 0.3) is 10.8 Å². The number of carbonyl (C=O) groups is 1. The zero-order valence-corrected chi connectivity index (χ0v) is 13.8. The Bertz CT molecular complexity index is 667. The van der Waals surface area contributed by atoms with E-state index in [1.54, 1.807) is 17.6 Å². The second-order valence-corrected chi connectivity index (χ2v) is 7.09. The molecule has 23 heavy (non-hydrogen) atoms. The average molecular weight is 332 g/mol. The monoisotopic (exact) mass is 332 g/mol. The first-order valence-electron chi connectivity index (χ1n) is 8.20. The number of carbonyl (C=O) groups excluding carboxylic acids is 1. The third-order valence-electron chi connectivity index (χ3n) is 4.63. The minimum atomic E-state index is 0.137. The number of ether oxygens (including phenoxy) is 1. The Morgan fingerprint density at radius 1 is 1.39 bits per heavy atom. The van der Waals surface area contributed by atoms with E-state index < -0.39 is 0 Å². The number of hydrogen-bond donors (Lipinski definition) is 0. The van der Waals surface area contributed by atoms with E-state index in [9.17, 15) is 4.79 Å². The van der Waals surface area contributed by atoms with Crippen LogP contribution in [0.1, 0.15) is 31.4 Å². The molecule has 1 aliphatic heterocycles. The van der Waals surface area contributed by atoms with Crippen molar-refractivity contribution in [2.75, 3.05) is 13.2 Å². The summed E-state index contributed by atoms with van der Waals surface area (Å²) in [5.41, 5.74) is 0.707. The molecule has 0 radical (unpaired) electrons. The van der Waals surface area contributed by atoms with Crippen LogP contribution in [0.4, 0.5) is 0 Å². The summed E-state index contributed by atoms with van der Waals surface area (Å²) in [5, 5.41) is 1.99. The molecular formula is C17H20N2O3S. The molecule has 2 unspecified atom stereocenters. The molecule has 1 aliphatic carbocycles. The van der Waals surface area contributed by atoms with Crippen LogP contribution in [0.3, 0.4) is 0 Å². The highest BCUT2D eigenvalue weighted by atomic mass is 32.1. The lowest BCUT2D eigenvalue weighted by atomic mass is 10.1. The number of aromatic nitrogens is 1. The fourth-order valence-corrected chi connectivity index (χ4v) is 4.22. The van der Waals surface area contributed by atoms with Crippen molar-refractivity contribution < 1.29 is 13.9 Å². The maximum Gasteiger partial charge on any atom is 0.236 e. The van der Waals surface area contributed by atoms with Crippen LogP contribution in [0, 0.1) is 0 Å². The van der Waals surface area contributed by atoms with Gasteiger partial charge in [0.05, 0.1) is 29.1 Å². The lowest BCUT2D eigenvalue weighted by Crippen LogP contribution is -2.44. The summed E-state index contributed by atoms with van der Waals surface area (Å²) in [6.07, 6.45) is 6.31. The minimum Gasteiger partial charge on any atom is -0.444 e. The first-order valence-corrected chi connectivity index (χ1v) is 9.08. The summed E-state index contributed by atoms with van der Waals surface area (Å²) in [6, 6.07) is 4.18. The lowest BCUT2D eigenvalue weighted by Gasteiger charge is -2.29. The summed E-state index contributed by atoms with van der Waals surface area (Å²) in [5.74, 6) is 0.735. The predicted molar refractivity (Wildman–Crippen MR) is 87.2 cm³/mol. The quantitative estimate of drug-likeness (QED) is 0.866. The van der Waals surface area contributed by atoms with Gasteiger partial charge in [0.2, 0.25) is 11.8 Å². The Labute approximate surface area is 139 Å². The molecule has 2 aromatic rings. The van der Waals surface area contributed by atoms with Crippen molar-refractivity contribution in [3.63, 3.8) is 0 Å². The number of amides is 1. The standard InChI is InChI=1S/C17H20N2O3S/c20-16(19-7-3-8-21-14-5-1-4-13(14)19)10-12-11-22-17(18-12)15-6-2-9-23-15/h2,6,9,11,13-14H,1,3-5,7-8,10H2. The topological polar surface area (TPSA) is 55.6 Å². The average Bonchev–Trinajstić information content (AvgIpc) is 3.27. The van der Waals surface area contributed by atoms with E-state index in [0.29, 0.717) is 18.0 Å². The van der Waals surface area contributed by atoms with Gasteiger partial charge in [-0.3, -0.25) is 4.79 Å². The van der Waals surface area contributed by atoms with Crippen LogP contribution in [-0.4, -0.2) is 41.1 Å². The summed E-state index contributed by atoms with van der Waals surface area (Å²) in [6.45, 7) is 1.55. The molecule has 0 bridgehead atoms. The first kappa shape index (κ1) is 14.9. The van der Waals surface area contributed by atoms with Crippen molar-refractivity contribution in [1.82, 2.24) is 9.88 Å². The van der Waals surface area contributed by atoms with E-state index in [2.05, 4.69) is 4.98 Å². The van der Waals surface area contributed by atoms with E-state index in [-0.39, 0.29) is 18.1 Å². The highest BCUT2D eigenvalue weighted by Crippen LogP contribution is 2.30. The van der Waals surface area contributed by atoms with E-state index in [4.69, 9.17) is 9.15 Å². The summed E-state index contributed by atoms with van der Waals surface area (Å²) in [4.78, 5) is 20.2. The molecule has 6 heteroatoms. The SMILES string of the molecule is O=C(Cc1coc(-c2cccs2)n1)N1CCCOC2CCCC21. The molecule has 0 N–H and O–H groups in total. The van der Waals surface area contributed by atoms with E-state index in [0.717, 1.165) is 43.7 Å². The van der Waals surface area contributed by atoms with Crippen molar-refractivity contribution in [2.24, 2.45) is 0 Å². The smallest absolute Gasteiger partial charge is 0.236 e. The molecule has 1 amide bonds. The first-order chi connectivity index (χ1) is 11.3. The number of hydrogen-bond acceptors (Lipinski definition) is 5. The fourth-order valence-electron chi connectivity index (χ4n) is 3.56. The molecule has 5 nitrogen and oxygen atoms in total. The Balaban J connectivity index is 1.46. The number of rotatable bonds is 3. The molecule has 3 heterocycles. The van der Waals surface area contributed by atoms with E-state index in [1.165, 1.54) is 0 Å². The van der Waals surface area contributed by atoms with Crippen molar-refractivity contribution in [3.05, 3.63) is 29.5 Å². The molecule has 2 atom stereocenters. The van der Waals surface area contributed by atoms with E-state index in [1.807, 2.05) is 22.4 Å². The molecule has 122 valence electrons. The minimum absolute atomic E-state index is 0.137. The fraction of sp³-hybridized carbons (Fsp3) is 0.529. The number of oxazole rings is 1. The van der Waals surface area contributed by atoms with Gasteiger partial charge >= 0.3 is 0 Å². The summed E-state index contributed by atoms with van der Waals surface area (Å²) in [7, 11) is 0. The molecule has 1 saturated carbocycles. The number of nitrogens with zero attached hydrogens (tertiary/aromatic N) is 2. The van der Waals surface area contributed by atoms with Crippen molar-refractivity contribution in [2.45, 2.75) is 44.2 Å². The van der Waals surface area contributed by atoms with Gasteiger partial charge in [0.15, 0.2) is 0 Å². The van der Waals surface area contributed by atoms with Crippen LogP contribution in [0.2, 0.25) is 0 Å². The second kappa shape index (κ2) is 6.45. The van der Waals surface area contributed by atoms with Gasteiger partial charge in [0.25, 0.3) is 0 Å². The Kier molecular flexibility index (Phi) is 4.18. The maximum atomic E-state index is 12.7. The van der Waals surface area contributed by atoms with Gasteiger partial charge in [0, 0.05) is 13.2 Å². The highest BCUT2D eigenvalue weighted by Gasteiger charge is 2.36. The van der Waals surface area contributed by atoms with Gasteiger partial charge in [-0.25, -0.2) is 4.98 Å². The maximum absolute atomic E-state index is 12.7. The molecular weight excluding hydrogens is 312 g/mol. The number of fused-ring (bicyclic) bond motifs is 1. The summed E-state index contributed by atoms with van der Waals surface area (Å²) < 4.78 is 11.4. The van der Waals surface area contributed by atoms with Crippen LogP contribution in [0.15, 0.2) is 28.2 Å². The highest BCUT2D eigenvalue weighted by molar-refractivity contribution is 7.13. The van der Waals surface area contributed by atoms with Crippen LogP contribution < -0.4 is 0 Å². The van der Waals surface area contributed by atoms with Crippen molar-refractivity contribution >= 4 is 17.2 Å². The zero-order valence-electron chi connectivity index (χ0n) is 12.9. The molecule has 0 spiro atoms. The van der Waals surface area contributed by atoms with Gasteiger partial charge in [-0.1, -0.05) is 6.07 Å². The molecule has 2 aliphatic rings. The number of thiophene rings is 1. The van der Waals surface area contributed by atoms with Crippen molar-refractivity contribution in [1.29, 1.82) is 0 Å². The van der Waals surface area contributed by atoms with Crippen molar-refractivity contribution in [3.8, 4) is 10.8 Å². The largest absolute Gasteiger partial charge is 0.444 e. The second-order valence-electron chi connectivity index (χ2n) is 6.15. The lowest BCUT2D eigenvalue weighted by molar-refractivity contribution is -0.134. The Morgan fingerprint density at radius 3 is 3.22 bits per heavy atom. The third-order valence-corrected chi connectivity index (χ3v) is 5.49. The van der Waals surface area contributed by atoms with Gasteiger partial charge in [-0.05, 0) is 37.1 Å². The molecule has 2 aromatic heterocycles. The normalized spacial score (nSPS) is 24.4. The molecule has 1 saturated heterocycles. The van der Waals surface area contributed by atoms with Gasteiger partial charge < -0.3 is 14.1 Å². The van der Waals surface area contributed by atoms with Crippen LogP contribution in [0.5, 0.6) is 0 Å². The van der Waals surface area contributed by atoms with Gasteiger partial charge in [-0.2, -0.15) is 0 Å². The predicted octanol–water partition coefficient (Wildman–Crippen LogP) is 3.12. The van der Waals surface area contributed by atoms with Crippen LogP contribution >= 0.6 is 11.3 Å². The van der Waals surface area contributed by atoms with Crippen LogP contribution in [-0.2, 0) is 16.0 Å². The third kappa shape index (κ3) is 3.05. The van der Waals surface area contributed by atoms with Gasteiger partial charge in [-0.15, -0.1) is 11.3 Å². The van der Waals surface area contributed by atoms with E-state index >= 15 is 0 Å². The van der Waals surface area contributed by atoms with Gasteiger partial charge in [0.1, 0.15) is 6.26 Å². The molecule has 4 rings (SSSR count). The zero-order chi connectivity index (χ0) is 15.6. The Hall–Kier alpha value is -1.66. The molecule has 2 fully saturated rings.